The zero-order valence-electron chi connectivity index (χ0n) is 13.7. The molecule has 0 aromatic rings. The third-order valence-electron chi connectivity index (χ3n) is 3.06. The van der Waals surface area contributed by atoms with Crippen molar-refractivity contribution in [2.75, 3.05) is 12.3 Å². The number of primary amides is 1. The molecule has 11 nitrogen and oxygen atoms in total. The molecule has 3 atom stereocenters. The number of rotatable bonds is 11. The summed E-state index contributed by atoms with van der Waals surface area (Å²) in [7, 11) is 0. The van der Waals surface area contributed by atoms with Crippen LogP contribution in [0.15, 0.2) is 0 Å². The van der Waals surface area contributed by atoms with Gasteiger partial charge in [0, 0.05) is 12.2 Å². The highest BCUT2D eigenvalue weighted by molar-refractivity contribution is 7.80. The molecule has 4 amide bonds. The summed E-state index contributed by atoms with van der Waals surface area (Å²) in [4.78, 5) is 57.2. The molecule has 0 rings (SSSR count). The number of hydrogen-bond acceptors (Lipinski definition) is 7. The Hall–Kier alpha value is -2.34. The number of nitrogens with two attached hydrogens (primary N) is 2. The first kappa shape index (κ1) is 22.7. The van der Waals surface area contributed by atoms with Gasteiger partial charge in [-0.1, -0.05) is 0 Å². The van der Waals surface area contributed by atoms with Gasteiger partial charge in [0.15, 0.2) is 0 Å². The zero-order chi connectivity index (χ0) is 19.6. The molecule has 0 aromatic heterocycles. The van der Waals surface area contributed by atoms with Crippen LogP contribution < -0.4 is 27.4 Å². The first-order chi connectivity index (χ1) is 11.6. The fraction of sp³-hybridized carbons (Fsp3) is 0.615. The second-order valence-electron chi connectivity index (χ2n) is 5.14. The fourth-order valence-electron chi connectivity index (χ4n) is 1.65. The molecule has 0 aliphatic heterocycles. The van der Waals surface area contributed by atoms with Gasteiger partial charge < -0.3 is 32.5 Å². The highest BCUT2D eigenvalue weighted by Crippen LogP contribution is 2.00. The third-order valence-corrected chi connectivity index (χ3v) is 3.43. The Morgan fingerprint density at radius 1 is 1.04 bits per heavy atom. The number of nitrogens with one attached hydrogen (secondary N) is 3. The van der Waals surface area contributed by atoms with Gasteiger partial charge in [-0.05, 0) is 13.3 Å². The first-order valence-electron chi connectivity index (χ1n) is 7.34. The summed E-state index contributed by atoms with van der Waals surface area (Å²) >= 11 is 3.94. The summed E-state index contributed by atoms with van der Waals surface area (Å²) in [6.45, 7) is 0.891. The monoisotopic (exact) mass is 377 g/mol. The first-order valence-corrected chi connectivity index (χ1v) is 7.97. The number of carbonyl (C=O) groups is 5. The Morgan fingerprint density at radius 3 is 2.04 bits per heavy atom. The largest absolute Gasteiger partial charge is 0.480 e. The average molecular weight is 377 g/mol. The van der Waals surface area contributed by atoms with Crippen LogP contribution in [-0.2, 0) is 24.0 Å². The van der Waals surface area contributed by atoms with E-state index in [9.17, 15) is 24.0 Å². The highest BCUT2D eigenvalue weighted by atomic mass is 32.1. The van der Waals surface area contributed by atoms with Crippen molar-refractivity contribution in [2.45, 2.75) is 37.9 Å². The molecule has 0 spiro atoms. The number of thiol groups is 1. The lowest BCUT2D eigenvalue weighted by atomic mass is 10.1. The standard InChI is InChI=1S/C13H23N5O6S/c1-6(13(23)24)16-12(22)8(5-25)18-11(21)7(2-3-9(15)19)17-10(20)4-14/h6-8,25H,2-5,14H2,1H3,(H2,15,19)(H,16,22)(H,17,20)(H,18,21)(H,23,24). The van der Waals surface area contributed by atoms with Crippen molar-refractivity contribution in [2.24, 2.45) is 11.5 Å². The molecule has 0 aliphatic rings. The lowest BCUT2D eigenvalue weighted by Crippen LogP contribution is -2.56. The summed E-state index contributed by atoms with van der Waals surface area (Å²) in [6, 6.07) is -3.42. The van der Waals surface area contributed by atoms with Gasteiger partial charge in [0.2, 0.25) is 23.6 Å². The molecule has 0 bridgehead atoms. The molecule has 3 unspecified atom stereocenters. The molecule has 0 fully saturated rings. The quantitative estimate of drug-likeness (QED) is 0.183. The summed E-state index contributed by atoms with van der Waals surface area (Å²) in [5.74, 6) is -4.16. The van der Waals surface area contributed by atoms with Crippen molar-refractivity contribution >= 4 is 42.2 Å². The predicted molar refractivity (Wildman–Crippen MR) is 90.4 cm³/mol. The van der Waals surface area contributed by atoms with E-state index in [0.29, 0.717) is 0 Å². The molecule has 0 aromatic carbocycles. The Balaban J connectivity index is 4.95. The SMILES string of the molecule is CC(NC(=O)C(CS)NC(=O)C(CCC(N)=O)NC(=O)CN)C(=O)O. The van der Waals surface area contributed by atoms with Crippen molar-refractivity contribution in [3.63, 3.8) is 0 Å². The van der Waals surface area contributed by atoms with Crippen molar-refractivity contribution in [1.29, 1.82) is 0 Å². The molecule has 0 saturated carbocycles. The topological polar surface area (TPSA) is 194 Å². The number of amides is 4. The fourth-order valence-corrected chi connectivity index (χ4v) is 1.91. The van der Waals surface area contributed by atoms with Crippen molar-refractivity contribution in [3.05, 3.63) is 0 Å². The van der Waals surface area contributed by atoms with Gasteiger partial charge in [0.1, 0.15) is 18.1 Å². The Morgan fingerprint density at radius 2 is 1.60 bits per heavy atom. The average Bonchev–Trinajstić information content (AvgIpc) is 2.55. The third kappa shape index (κ3) is 8.91. The van der Waals surface area contributed by atoms with Crippen LogP contribution in [0.3, 0.4) is 0 Å². The van der Waals surface area contributed by atoms with Crippen LogP contribution in [0.25, 0.3) is 0 Å². The summed E-state index contributed by atoms with van der Waals surface area (Å²) < 4.78 is 0. The van der Waals surface area contributed by atoms with E-state index in [1.54, 1.807) is 0 Å². The normalized spacial score (nSPS) is 13.9. The van der Waals surface area contributed by atoms with Gasteiger partial charge in [-0.3, -0.25) is 24.0 Å². The van der Waals surface area contributed by atoms with Crippen LogP contribution in [0.5, 0.6) is 0 Å². The molecule has 25 heavy (non-hydrogen) atoms. The number of carboxylic acids is 1. The van der Waals surface area contributed by atoms with Gasteiger partial charge in [0.05, 0.1) is 6.54 Å². The number of carbonyl (C=O) groups excluding carboxylic acids is 4. The predicted octanol–water partition coefficient (Wildman–Crippen LogP) is -3.30. The zero-order valence-corrected chi connectivity index (χ0v) is 14.5. The Bertz CT molecular complexity index is 529. The van der Waals surface area contributed by atoms with E-state index in [-0.39, 0.29) is 25.1 Å². The summed E-state index contributed by atoms with van der Waals surface area (Å²) in [5, 5.41) is 15.6. The van der Waals surface area contributed by atoms with E-state index in [2.05, 4.69) is 28.6 Å². The van der Waals surface area contributed by atoms with Gasteiger partial charge in [0.25, 0.3) is 0 Å². The van der Waals surface area contributed by atoms with Gasteiger partial charge in [-0.2, -0.15) is 12.6 Å². The maximum Gasteiger partial charge on any atom is 0.325 e. The number of carboxylic acid groups (broad SMARTS) is 1. The number of hydrogen-bond donors (Lipinski definition) is 7. The number of aliphatic carboxylic acids is 1. The van der Waals surface area contributed by atoms with E-state index in [0.717, 1.165) is 0 Å². The molecule has 0 radical (unpaired) electrons. The molecule has 8 N–H and O–H groups in total. The van der Waals surface area contributed by atoms with E-state index in [4.69, 9.17) is 16.6 Å². The van der Waals surface area contributed by atoms with Crippen LogP contribution in [0.2, 0.25) is 0 Å². The second-order valence-corrected chi connectivity index (χ2v) is 5.51. The van der Waals surface area contributed by atoms with Crippen molar-refractivity contribution < 1.29 is 29.1 Å². The van der Waals surface area contributed by atoms with Crippen LogP contribution in [-0.4, -0.2) is 65.1 Å². The molecule has 0 aliphatic carbocycles. The summed E-state index contributed by atoms with van der Waals surface area (Å²) in [5.41, 5.74) is 10.2. The molecule has 0 heterocycles. The van der Waals surface area contributed by atoms with Crippen molar-refractivity contribution in [1.82, 2.24) is 16.0 Å². The van der Waals surface area contributed by atoms with E-state index >= 15 is 0 Å². The van der Waals surface area contributed by atoms with E-state index in [1.807, 2.05) is 0 Å². The van der Waals surface area contributed by atoms with Crippen LogP contribution >= 0.6 is 12.6 Å². The maximum atomic E-state index is 12.3. The van der Waals surface area contributed by atoms with Gasteiger partial charge >= 0.3 is 5.97 Å². The van der Waals surface area contributed by atoms with Crippen LogP contribution in [0.4, 0.5) is 0 Å². The van der Waals surface area contributed by atoms with Gasteiger partial charge in [-0.15, -0.1) is 0 Å². The van der Waals surface area contributed by atoms with Crippen molar-refractivity contribution in [3.8, 4) is 0 Å². The minimum Gasteiger partial charge on any atom is -0.480 e. The minimum absolute atomic E-state index is 0.0840. The molecular weight excluding hydrogens is 354 g/mol. The lowest BCUT2D eigenvalue weighted by Gasteiger charge is -2.22. The maximum absolute atomic E-state index is 12.3. The van der Waals surface area contributed by atoms with E-state index < -0.39 is 47.7 Å². The van der Waals surface area contributed by atoms with E-state index in [1.165, 1.54) is 6.92 Å². The minimum atomic E-state index is -1.24. The van der Waals surface area contributed by atoms with Crippen LogP contribution in [0, 0.1) is 0 Å². The summed E-state index contributed by atoms with van der Waals surface area (Å²) in [6.07, 6.45) is -0.254. The Kier molecular flexibility index (Phi) is 10.2. The molecule has 12 heteroatoms. The smallest absolute Gasteiger partial charge is 0.325 e. The lowest BCUT2D eigenvalue weighted by molar-refractivity contribution is -0.141. The van der Waals surface area contributed by atoms with Crippen LogP contribution in [0.1, 0.15) is 19.8 Å². The van der Waals surface area contributed by atoms with Gasteiger partial charge in [-0.25, -0.2) is 0 Å². The molecular formula is C13H23N5O6S. The second kappa shape index (κ2) is 11.3. The highest BCUT2D eigenvalue weighted by Gasteiger charge is 2.27. The molecule has 142 valence electrons. The molecule has 0 saturated heterocycles. The Labute approximate surface area is 149 Å².